The van der Waals surface area contributed by atoms with Gasteiger partial charge in [-0.25, -0.2) is 13.4 Å². The largest absolute Gasteiger partial charge is 0.345 e. The zero-order chi connectivity index (χ0) is 15.3. The van der Waals surface area contributed by atoms with Crippen LogP contribution in [0.2, 0.25) is 0 Å². The summed E-state index contributed by atoms with van der Waals surface area (Å²) in [7, 11) is -3.50. The molecule has 2 aromatic heterocycles. The van der Waals surface area contributed by atoms with Crippen LogP contribution in [0, 0.1) is 0 Å². The number of rotatable bonds is 2. The number of nitrogens with zero attached hydrogens (tertiary/aromatic N) is 3. The van der Waals surface area contributed by atoms with Gasteiger partial charge in [0.2, 0.25) is 10.0 Å². The van der Waals surface area contributed by atoms with Crippen LogP contribution in [-0.2, 0) is 10.0 Å². The molecule has 0 aliphatic carbocycles. The second-order valence-corrected chi connectivity index (χ2v) is 8.13. The van der Waals surface area contributed by atoms with Crippen LogP contribution in [0.4, 0.5) is 0 Å². The van der Waals surface area contributed by atoms with Gasteiger partial charge >= 0.3 is 0 Å². The molecular weight excluding hydrogens is 300 g/mol. The molecule has 4 rings (SSSR count). The van der Waals surface area contributed by atoms with Crippen molar-refractivity contribution in [2.75, 3.05) is 19.6 Å². The summed E-state index contributed by atoms with van der Waals surface area (Å²) in [4.78, 5) is 9.92. The molecule has 0 aromatic carbocycles. The predicted molar refractivity (Wildman–Crippen MR) is 84.0 cm³/mol. The van der Waals surface area contributed by atoms with Crippen molar-refractivity contribution in [1.82, 2.24) is 19.2 Å². The van der Waals surface area contributed by atoms with Crippen LogP contribution in [-0.4, -0.2) is 59.3 Å². The zero-order valence-electron chi connectivity index (χ0n) is 12.6. The molecule has 0 radical (unpaired) electrons. The van der Waals surface area contributed by atoms with Crippen molar-refractivity contribution >= 4 is 21.1 Å². The van der Waals surface area contributed by atoms with E-state index in [0.717, 1.165) is 19.5 Å². The van der Waals surface area contributed by atoms with Gasteiger partial charge in [-0.2, -0.15) is 4.31 Å². The first-order valence-corrected chi connectivity index (χ1v) is 9.19. The first-order chi connectivity index (χ1) is 10.6. The minimum absolute atomic E-state index is 0.000899. The first-order valence-electron chi connectivity index (χ1n) is 7.75. The Labute approximate surface area is 130 Å². The molecule has 118 valence electrons. The van der Waals surface area contributed by atoms with E-state index in [1.54, 1.807) is 22.8 Å². The zero-order valence-corrected chi connectivity index (χ0v) is 13.4. The standard InChI is InChI=1S/C15H20N4O2S/c1-11-9-18-7-3-4-12(18)10-19(11)22(20,21)14-8-17-15-13(14)5-2-6-16-15/h2,5-6,8,11-12H,3-4,7,9-10H2,1H3,(H,16,17). The van der Waals surface area contributed by atoms with Gasteiger partial charge in [-0.3, -0.25) is 4.90 Å². The fraction of sp³-hybridized carbons (Fsp3) is 0.533. The molecule has 2 aliphatic heterocycles. The number of H-pyrrole nitrogens is 1. The summed E-state index contributed by atoms with van der Waals surface area (Å²) >= 11 is 0. The number of nitrogens with one attached hydrogen (secondary N) is 1. The van der Waals surface area contributed by atoms with E-state index < -0.39 is 10.0 Å². The van der Waals surface area contributed by atoms with Crippen LogP contribution in [0.5, 0.6) is 0 Å². The van der Waals surface area contributed by atoms with Gasteiger partial charge in [-0.05, 0) is 38.4 Å². The quantitative estimate of drug-likeness (QED) is 0.908. The molecule has 2 atom stereocenters. The Kier molecular flexibility index (Phi) is 3.25. The van der Waals surface area contributed by atoms with Gasteiger partial charge in [0.15, 0.2) is 0 Å². The van der Waals surface area contributed by atoms with Crippen LogP contribution < -0.4 is 0 Å². The Morgan fingerprint density at radius 2 is 2.23 bits per heavy atom. The van der Waals surface area contributed by atoms with Crippen molar-refractivity contribution in [2.45, 2.75) is 36.7 Å². The van der Waals surface area contributed by atoms with Gasteiger partial charge in [-0.1, -0.05) is 0 Å². The summed E-state index contributed by atoms with van der Waals surface area (Å²) in [5.41, 5.74) is 0.619. The van der Waals surface area contributed by atoms with Crippen LogP contribution in [0.1, 0.15) is 19.8 Å². The van der Waals surface area contributed by atoms with Crippen molar-refractivity contribution in [1.29, 1.82) is 0 Å². The topological polar surface area (TPSA) is 69.3 Å². The maximum Gasteiger partial charge on any atom is 0.245 e. The molecule has 0 bridgehead atoms. The highest BCUT2D eigenvalue weighted by molar-refractivity contribution is 7.89. The van der Waals surface area contributed by atoms with Gasteiger partial charge in [-0.15, -0.1) is 0 Å². The highest BCUT2D eigenvalue weighted by Gasteiger charge is 2.40. The molecule has 0 saturated carbocycles. The lowest BCUT2D eigenvalue weighted by Gasteiger charge is -2.41. The van der Waals surface area contributed by atoms with Crippen LogP contribution in [0.3, 0.4) is 0 Å². The molecule has 7 heteroatoms. The average Bonchev–Trinajstić information content (AvgIpc) is 3.12. The summed E-state index contributed by atoms with van der Waals surface area (Å²) in [5.74, 6) is 0. The number of sulfonamides is 1. The molecular formula is C15H20N4O2S. The minimum Gasteiger partial charge on any atom is -0.345 e. The Bertz CT molecular complexity index is 801. The molecule has 2 aliphatic rings. The third-order valence-corrected chi connectivity index (χ3v) is 6.90. The van der Waals surface area contributed by atoms with Gasteiger partial charge in [0.25, 0.3) is 0 Å². The maximum absolute atomic E-state index is 13.1. The third-order valence-electron chi connectivity index (χ3n) is 4.88. The number of piperazine rings is 1. The lowest BCUT2D eigenvalue weighted by Crippen LogP contribution is -2.56. The Morgan fingerprint density at radius 3 is 3.09 bits per heavy atom. The molecule has 22 heavy (non-hydrogen) atoms. The smallest absolute Gasteiger partial charge is 0.245 e. The van der Waals surface area contributed by atoms with E-state index >= 15 is 0 Å². The second kappa shape index (κ2) is 5.04. The number of fused-ring (bicyclic) bond motifs is 2. The first kappa shape index (κ1) is 14.2. The minimum atomic E-state index is -3.50. The van der Waals surface area contributed by atoms with Crippen molar-refractivity contribution in [3.05, 3.63) is 24.5 Å². The van der Waals surface area contributed by atoms with Gasteiger partial charge in [0, 0.05) is 43.0 Å². The van der Waals surface area contributed by atoms with Gasteiger partial charge in [0.05, 0.1) is 0 Å². The molecule has 0 spiro atoms. The molecule has 0 amide bonds. The average molecular weight is 320 g/mol. The van der Waals surface area contributed by atoms with Crippen molar-refractivity contribution < 1.29 is 8.42 Å². The summed E-state index contributed by atoms with van der Waals surface area (Å²) in [6, 6.07) is 3.95. The van der Waals surface area contributed by atoms with Gasteiger partial charge in [0.1, 0.15) is 10.5 Å². The number of aromatic amines is 1. The lowest BCUT2D eigenvalue weighted by molar-refractivity contribution is 0.117. The Morgan fingerprint density at radius 1 is 1.36 bits per heavy atom. The molecule has 2 saturated heterocycles. The molecule has 2 fully saturated rings. The second-order valence-electron chi connectivity index (χ2n) is 6.27. The van der Waals surface area contributed by atoms with Crippen LogP contribution in [0.25, 0.3) is 11.0 Å². The van der Waals surface area contributed by atoms with E-state index in [1.165, 1.54) is 6.42 Å². The molecule has 1 N–H and O–H groups in total. The fourth-order valence-electron chi connectivity index (χ4n) is 3.77. The van der Waals surface area contributed by atoms with Crippen LogP contribution >= 0.6 is 0 Å². The summed E-state index contributed by atoms with van der Waals surface area (Å²) in [6.07, 6.45) is 5.49. The number of aromatic nitrogens is 2. The number of hydrogen-bond acceptors (Lipinski definition) is 4. The Hall–Kier alpha value is -1.44. The molecule has 2 unspecified atom stereocenters. The number of hydrogen-bond donors (Lipinski definition) is 1. The van der Waals surface area contributed by atoms with Crippen molar-refractivity contribution in [2.24, 2.45) is 0 Å². The highest BCUT2D eigenvalue weighted by Crippen LogP contribution is 2.31. The third kappa shape index (κ3) is 2.07. The molecule has 6 nitrogen and oxygen atoms in total. The van der Waals surface area contributed by atoms with Crippen molar-refractivity contribution in [3.63, 3.8) is 0 Å². The predicted octanol–water partition coefficient (Wildman–Crippen LogP) is 1.42. The van der Waals surface area contributed by atoms with E-state index in [1.807, 2.05) is 13.0 Å². The highest BCUT2D eigenvalue weighted by atomic mass is 32.2. The lowest BCUT2D eigenvalue weighted by atomic mass is 10.1. The maximum atomic E-state index is 13.1. The van der Waals surface area contributed by atoms with E-state index in [0.29, 0.717) is 28.5 Å². The summed E-state index contributed by atoms with van der Waals surface area (Å²) in [5, 5.41) is 0.670. The van der Waals surface area contributed by atoms with E-state index in [-0.39, 0.29) is 6.04 Å². The van der Waals surface area contributed by atoms with Gasteiger partial charge < -0.3 is 4.98 Å². The molecule has 2 aromatic rings. The van der Waals surface area contributed by atoms with Crippen LogP contribution in [0.15, 0.2) is 29.4 Å². The summed E-state index contributed by atoms with van der Waals surface area (Å²) in [6.45, 7) is 4.51. The summed E-state index contributed by atoms with van der Waals surface area (Å²) < 4.78 is 27.9. The SMILES string of the molecule is CC1CN2CCCC2CN1S(=O)(=O)c1c[nH]c2ncccc12. The fourth-order valence-corrected chi connectivity index (χ4v) is 5.58. The van der Waals surface area contributed by atoms with E-state index in [9.17, 15) is 8.42 Å². The normalized spacial score (nSPS) is 27.3. The number of pyridine rings is 1. The monoisotopic (exact) mass is 320 g/mol. The Balaban J connectivity index is 1.74. The molecule has 4 heterocycles. The van der Waals surface area contributed by atoms with Crippen molar-refractivity contribution in [3.8, 4) is 0 Å². The van der Waals surface area contributed by atoms with E-state index in [4.69, 9.17) is 0 Å². The van der Waals surface area contributed by atoms with E-state index in [2.05, 4.69) is 14.9 Å².